The average molecular weight is 310 g/mol. The van der Waals surface area contributed by atoms with E-state index < -0.39 is 19.9 Å². The van der Waals surface area contributed by atoms with Gasteiger partial charge in [-0.25, -0.2) is 8.78 Å². The van der Waals surface area contributed by atoms with Crippen LogP contribution in [0.5, 0.6) is 0 Å². The molecule has 2 aliphatic carbocycles. The summed E-state index contributed by atoms with van der Waals surface area (Å²) in [6.45, 7) is 0. The summed E-state index contributed by atoms with van der Waals surface area (Å²) >= 11 is 0. The van der Waals surface area contributed by atoms with E-state index in [9.17, 15) is 23.1 Å². The zero-order valence-electron chi connectivity index (χ0n) is 11.8. The number of alkyl halides is 2. The van der Waals surface area contributed by atoms with Crippen LogP contribution in [-0.2, 0) is 4.57 Å². The lowest BCUT2D eigenvalue weighted by molar-refractivity contribution is 0.101. The summed E-state index contributed by atoms with van der Waals surface area (Å²) in [7, 11) is -4.07. The molecule has 0 heterocycles. The van der Waals surface area contributed by atoms with Gasteiger partial charge in [-0.3, -0.25) is 4.57 Å². The topological polar surface area (TPSA) is 57.5 Å². The summed E-state index contributed by atoms with van der Waals surface area (Å²) in [6.07, 6.45) is 3.21. The predicted octanol–water partition coefficient (Wildman–Crippen LogP) is 3.84. The Morgan fingerprint density at radius 2 is 1.20 bits per heavy atom. The van der Waals surface area contributed by atoms with Crippen molar-refractivity contribution < 1.29 is 23.1 Å². The fourth-order valence-corrected chi connectivity index (χ4v) is 5.12. The van der Waals surface area contributed by atoms with E-state index in [-0.39, 0.29) is 23.9 Å². The maximum atomic E-state index is 13.2. The fraction of sp³-hybridized carbons (Fsp3) is 1.00. The van der Waals surface area contributed by atoms with Gasteiger partial charge in [0.05, 0.1) is 6.16 Å². The SMILES string of the molecule is O=P(O)(O)CC(C1CCC(F)CC1)C1CCC(F)CC1. The lowest BCUT2D eigenvalue weighted by Gasteiger charge is -2.39. The minimum absolute atomic E-state index is 0.0733. The quantitative estimate of drug-likeness (QED) is 0.776. The molecule has 0 radical (unpaired) electrons. The van der Waals surface area contributed by atoms with E-state index in [1.165, 1.54) is 0 Å². The highest BCUT2D eigenvalue weighted by Crippen LogP contribution is 2.48. The fourth-order valence-electron chi connectivity index (χ4n) is 3.97. The summed E-state index contributed by atoms with van der Waals surface area (Å²) in [4.78, 5) is 18.6. The lowest BCUT2D eigenvalue weighted by Crippen LogP contribution is -2.33. The highest BCUT2D eigenvalue weighted by atomic mass is 31.2. The van der Waals surface area contributed by atoms with Gasteiger partial charge in [-0.15, -0.1) is 0 Å². The maximum Gasteiger partial charge on any atom is 0.325 e. The van der Waals surface area contributed by atoms with Crippen molar-refractivity contribution >= 4 is 7.60 Å². The molecule has 0 unspecified atom stereocenters. The van der Waals surface area contributed by atoms with Crippen LogP contribution in [0.2, 0.25) is 0 Å². The Kier molecular flexibility index (Phi) is 5.61. The van der Waals surface area contributed by atoms with Gasteiger partial charge in [0, 0.05) is 0 Å². The van der Waals surface area contributed by atoms with Crippen LogP contribution in [0.1, 0.15) is 51.4 Å². The van der Waals surface area contributed by atoms with Crippen LogP contribution in [0, 0.1) is 17.8 Å². The molecule has 6 heteroatoms. The van der Waals surface area contributed by atoms with Gasteiger partial charge in [0.25, 0.3) is 0 Å². The van der Waals surface area contributed by atoms with Crippen molar-refractivity contribution in [2.24, 2.45) is 17.8 Å². The van der Waals surface area contributed by atoms with Gasteiger partial charge in [-0.2, -0.15) is 0 Å². The van der Waals surface area contributed by atoms with Crippen molar-refractivity contribution in [1.29, 1.82) is 0 Å². The van der Waals surface area contributed by atoms with Crippen LogP contribution in [0.3, 0.4) is 0 Å². The molecule has 0 saturated heterocycles. The third-order valence-electron chi connectivity index (χ3n) is 5.06. The molecule has 0 amide bonds. The van der Waals surface area contributed by atoms with Crippen molar-refractivity contribution in [3.05, 3.63) is 0 Å². The lowest BCUT2D eigenvalue weighted by atomic mass is 9.70. The Morgan fingerprint density at radius 3 is 1.50 bits per heavy atom. The van der Waals surface area contributed by atoms with E-state index in [4.69, 9.17) is 0 Å². The van der Waals surface area contributed by atoms with Crippen molar-refractivity contribution in [2.45, 2.75) is 63.7 Å². The van der Waals surface area contributed by atoms with Gasteiger partial charge in [-0.1, -0.05) is 0 Å². The Hall–Kier alpha value is 0.01000. The minimum Gasteiger partial charge on any atom is -0.324 e. The molecular formula is C14H25F2O3P. The third-order valence-corrected chi connectivity index (χ3v) is 5.96. The third kappa shape index (κ3) is 4.78. The highest BCUT2D eigenvalue weighted by Gasteiger charge is 2.38. The summed E-state index contributed by atoms with van der Waals surface area (Å²) in [5, 5.41) is 0. The Bertz CT molecular complexity index is 322. The highest BCUT2D eigenvalue weighted by molar-refractivity contribution is 7.51. The van der Waals surface area contributed by atoms with Gasteiger partial charge < -0.3 is 9.79 Å². The normalized spacial score (nSPS) is 37.6. The first-order chi connectivity index (χ1) is 9.35. The van der Waals surface area contributed by atoms with Crippen LogP contribution in [0.25, 0.3) is 0 Å². The molecule has 2 aliphatic rings. The minimum atomic E-state index is -4.07. The van der Waals surface area contributed by atoms with Gasteiger partial charge in [-0.05, 0) is 69.1 Å². The molecule has 2 fully saturated rings. The van der Waals surface area contributed by atoms with E-state index in [2.05, 4.69) is 0 Å². The van der Waals surface area contributed by atoms with Crippen LogP contribution < -0.4 is 0 Å². The molecule has 0 aromatic carbocycles. The van der Waals surface area contributed by atoms with E-state index in [1.54, 1.807) is 0 Å². The van der Waals surface area contributed by atoms with E-state index >= 15 is 0 Å². The maximum absolute atomic E-state index is 13.2. The molecule has 2 rings (SSSR count). The van der Waals surface area contributed by atoms with Crippen molar-refractivity contribution in [3.8, 4) is 0 Å². The van der Waals surface area contributed by atoms with Crippen LogP contribution >= 0.6 is 7.60 Å². The van der Waals surface area contributed by atoms with Crippen molar-refractivity contribution in [1.82, 2.24) is 0 Å². The second kappa shape index (κ2) is 6.85. The molecule has 0 bridgehead atoms. The Balaban J connectivity index is 2.02. The standard InChI is InChI=1S/C14H25F2O3P/c15-12-5-1-10(2-6-12)14(9-20(17,18)19)11-3-7-13(16)8-4-11/h10-14H,1-9H2,(H2,17,18,19). The van der Waals surface area contributed by atoms with Gasteiger partial charge in [0.2, 0.25) is 0 Å². The zero-order chi connectivity index (χ0) is 14.8. The molecule has 0 aromatic rings. The zero-order valence-corrected chi connectivity index (χ0v) is 12.7. The second-order valence-electron chi connectivity index (χ2n) is 6.54. The molecule has 20 heavy (non-hydrogen) atoms. The van der Waals surface area contributed by atoms with E-state index in [0.29, 0.717) is 51.4 Å². The first-order valence-electron chi connectivity index (χ1n) is 7.68. The summed E-state index contributed by atoms with van der Waals surface area (Å²) in [6, 6.07) is 0. The number of hydrogen-bond donors (Lipinski definition) is 2. The Labute approximate surface area is 119 Å². The molecule has 0 aliphatic heterocycles. The molecule has 0 aromatic heterocycles. The first-order valence-corrected chi connectivity index (χ1v) is 9.47. The van der Waals surface area contributed by atoms with Crippen molar-refractivity contribution in [2.75, 3.05) is 6.16 Å². The number of hydrogen-bond acceptors (Lipinski definition) is 1. The Morgan fingerprint density at radius 1 is 0.850 bits per heavy atom. The van der Waals surface area contributed by atoms with E-state index in [0.717, 1.165) is 0 Å². The number of halogens is 2. The van der Waals surface area contributed by atoms with E-state index in [1.807, 2.05) is 0 Å². The van der Waals surface area contributed by atoms with Crippen molar-refractivity contribution in [3.63, 3.8) is 0 Å². The van der Waals surface area contributed by atoms with Crippen LogP contribution in [-0.4, -0.2) is 28.3 Å². The molecular weight excluding hydrogens is 285 g/mol. The predicted molar refractivity (Wildman–Crippen MR) is 74.1 cm³/mol. The molecule has 118 valence electrons. The molecule has 3 nitrogen and oxygen atoms in total. The summed E-state index contributed by atoms with van der Waals surface area (Å²) in [5.74, 6) is 0.308. The molecule has 2 saturated carbocycles. The molecule has 0 atom stereocenters. The second-order valence-corrected chi connectivity index (χ2v) is 8.23. The van der Waals surface area contributed by atoms with Gasteiger partial charge in [0.1, 0.15) is 12.3 Å². The van der Waals surface area contributed by atoms with Gasteiger partial charge >= 0.3 is 7.60 Å². The molecule has 0 spiro atoms. The largest absolute Gasteiger partial charge is 0.325 e. The van der Waals surface area contributed by atoms with Gasteiger partial charge in [0.15, 0.2) is 0 Å². The average Bonchev–Trinajstić information content (AvgIpc) is 2.37. The smallest absolute Gasteiger partial charge is 0.324 e. The monoisotopic (exact) mass is 310 g/mol. The summed E-state index contributed by atoms with van der Waals surface area (Å²) in [5.41, 5.74) is 0. The molecule has 2 N–H and O–H groups in total. The summed E-state index contributed by atoms with van der Waals surface area (Å²) < 4.78 is 37.9. The van der Waals surface area contributed by atoms with Crippen LogP contribution in [0.15, 0.2) is 0 Å². The number of rotatable bonds is 4. The first kappa shape index (κ1) is 16.4. The van der Waals surface area contributed by atoms with Crippen LogP contribution in [0.4, 0.5) is 8.78 Å².